The average molecular weight is 324 g/mol. The van der Waals surface area contributed by atoms with Crippen molar-refractivity contribution in [3.05, 3.63) is 23.8 Å². The highest BCUT2D eigenvalue weighted by Crippen LogP contribution is 2.34. The zero-order valence-corrected chi connectivity index (χ0v) is 13.7. The summed E-state index contributed by atoms with van der Waals surface area (Å²) in [5.41, 5.74) is 1.43. The van der Waals surface area contributed by atoms with Crippen molar-refractivity contribution < 1.29 is 17.9 Å². The third kappa shape index (κ3) is 2.53. The number of benzene rings is 1. The predicted octanol–water partition coefficient (Wildman–Crippen LogP) is 1.54. The number of carbonyl (C=O) groups excluding carboxylic acids is 1. The third-order valence-electron chi connectivity index (χ3n) is 4.16. The zero-order valence-electron chi connectivity index (χ0n) is 12.9. The van der Waals surface area contributed by atoms with Crippen LogP contribution in [0.15, 0.2) is 23.1 Å². The Morgan fingerprint density at radius 1 is 1.18 bits per heavy atom. The van der Waals surface area contributed by atoms with Crippen molar-refractivity contribution in [2.75, 3.05) is 18.4 Å². The van der Waals surface area contributed by atoms with E-state index in [4.69, 9.17) is 4.74 Å². The Kier molecular flexibility index (Phi) is 3.74. The van der Waals surface area contributed by atoms with Gasteiger partial charge in [-0.1, -0.05) is 0 Å². The molecule has 0 aliphatic carbocycles. The Morgan fingerprint density at radius 3 is 2.45 bits per heavy atom. The van der Waals surface area contributed by atoms with Crippen LogP contribution in [-0.4, -0.2) is 43.9 Å². The minimum atomic E-state index is -3.58. The molecule has 2 heterocycles. The summed E-state index contributed by atoms with van der Waals surface area (Å²) in [7, 11) is -3.58. The van der Waals surface area contributed by atoms with E-state index in [1.54, 1.807) is 25.1 Å². The number of anilines is 1. The Bertz CT molecular complexity index is 706. The van der Waals surface area contributed by atoms with E-state index >= 15 is 0 Å². The summed E-state index contributed by atoms with van der Waals surface area (Å²) < 4.78 is 32.7. The topological polar surface area (TPSA) is 75.7 Å². The molecular formula is C15H20N2O4S. The summed E-state index contributed by atoms with van der Waals surface area (Å²) in [6, 6.07) is 4.83. The van der Waals surface area contributed by atoms with Gasteiger partial charge in [0, 0.05) is 18.8 Å². The summed E-state index contributed by atoms with van der Waals surface area (Å²) in [6.07, 6.45) is -0.259. The lowest BCUT2D eigenvalue weighted by molar-refractivity contribution is -0.116. The number of nitrogens with zero attached hydrogens (tertiary/aromatic N) is 1. The standard InChI is InChI=1S/C15H20N2O4S/c1-9-7-17(8-10(2)21-9)22(19,20)12-4-5-14-13(6-12)11(3)15(18)16-14/h4-6,9-11H,7-8H2,1-3H3,(H,16,18). The number of sulfonamides is 1. The van der Waals surface area contributed by atoms with Gasteiger partial charge >= 0.3 is 0 Å². The van der Waals surface area contributed by atoms with E-state index in [1.807, 2.05) is 13.8 Å². The Hall–Kier alpha value is -1.44. The molecule has 22 heavy (non-hydrogen) atoms. The molecule has 0 bridgehead atoms. The molecule has 0 aromatic heterocycles. The van der Waals surface area contributed by atoms with E-state index in [9.17, 15) is 13.2 Å². The first-order chi connectivity index (χ1) is 10.3. The van der Waals surface area contributed by atoms with Gasteiger partial charge in [0.05, 0.1) is 23.0 Å². The molecule has 0 saturated carbocycles. The monoisotopic (exact) mass is 324 g/mol. The summed E-state index contributed by atoms with van der Waals surface area (Å²) in [5, 5.41) is 2.75. The van der Waals surface area contributed by atoms with Crippen LogP contribution < -0.4 is 5.32 Å². The highest BCUT2D eigenvalue weighted by molar-refractivity contribution is 7.89. The van der Waals surface area contributed by atoms with E-state index in [2.05, 4.69) is 5.32 Å². The maximum Gasteiger partial charge on any atom is 0.243 e. The van der Waals surface area contributed by atoms with Crippen LogP contribution >= 0.6 is 0 Å². The molecule has 6 nitrogen and oxygen atoms in total. The predicted molar refractivity (Wildman–Crippen MR) is 82.3 cm³/mol. The number of morpholine rings is 1. The normalized spacial score (nSPS) is 29.2. The molecule has 1 amide bonds. The molecule has 2 aliphatic rings. The van der Waals surface area contributed by atoms with Crippen molar-refractivity contribution in [3.8, 4) is 0 Å². The van der Waals surface area contributed by atoms with E-state index in [-0.39, 0.29) is 28.9 Å². The first kappa shape index (κ1) is 15.5. The molecule has 3 atom stereocenters. The van der Waals surface area contributed by atoms with Gasteiger partial charge in [0.1, 0.15) is 0 Å². The molecule has 120 valence electrons. The second kappa shape index (κ2) is 5.33. The lowest BCUT2D eigenvalue weighted by Crippen LogP contribution is -2.48. The molecule has 3 rings (SSSR count). The molecule has 1 N–H and O–H groups in total. The van der Waals surface area contributed by atoms with Gasteiger partial charge in [-0.3, -0.25) is 4.79 Å². The summed E-state index contributed by atoms with van der Waals surface area (Å²) >= 11 is 0. The fraction of sp³-hybridized carbons (Fsp3) is 0.533. The van der Waals surface area contributed by atoms with Crippen molar-refractivity contribution in [1.29, 1.82) is 0 Å². The summed E-state index contributed by atoms with van der Waals surface area (Å²) in [4.78, 5) is 11.9. The maximum atomic E-state index is 12.8. The molecule has 7 heteroatoms. The van der Waals surface area contributed by atoms with E-state index < -0.39 is 10.0 Å². The van der Waals surface area contributed by atoms with Gasteiger partial charge in [0.25, 0.3) is 0 Å². The molecule has 1 aromatic rings. The maximum absolute atomic E-state index is 12.8. The largest absolute Gasteiger partial charge is 0.373 e. The lowest BCUT2D eigenvalue weighted by atomic mass is 10.0. The van der Waals surface area contributed by atoms with Crippen LogP contribution in [0.5, 0.6) is 0 Å². The van der Waals surface area contributed by atoms with E-state index in [0.29, 0.717) is 18.8 Å². The van der Waals surface area contributed by atoms with Crippen molar-refractivity contribution in [3.63, 3.8) is 0 Å². The molecule has 2 aliphatic heterocycles. The number of amides is 1. The number of fused-ring (bicyclic) bond motifs is 1. The number of ether oxygens (including phenoxy) is 1. The van der Waals surface area contributed by atoms with Gasteiger partial charge in [-0.25, -0.2) is 8.42 Å². The van der Waals surface area contributed by atoms with Crippen LogP contribution in [0.4, 0.5) is 5.69 Å². The molecule has 3 unspecified atom stereocenters. The smallest absolute Gasteiger partial charge is 0.243 e. The average Bonchev–Trinajstić information content (AvgIpc) is 2.73. The zero-order chi connectivity index (χ0) is 16.1. The highest BCUT2D eigenvalue weighted by Gasteiger charge is 2.34. The molecule has 1 fully saturated rings. The molecule has 0 spiro atoms. The number of carbonyl (C=O) groups is 1. The Balaban J connectivity index is 1.95. The molecule has 0 radical (unpaired) electrons. The van der Waals surface area contributed by atoms with Crippen LogP contribution in [0.2, 0.25) is 0 Å². The molecule has 1 saturated heterocycles. The van der Waals surface area contributed by atoms with Gasteiger partial charge in [-0.2, -0.15) is 4.31 Å². The number of hydrogen-bond donors (Lipinski definition) is 1. The summed E-state index contributed by atoms with van der Waals surface area (Å²) in [5.74, 6) is -0.425. The molecule has 1 aromatic carbocycles. The van der Waals surface area contributed by atoms with Crippen molar-refractivity contribution >= 4 is 21.6 Å². The molecular weight excluding hydrogens is 304 g/mol. The fourth-order valence-electron chi connectivity index (χ4n) is 3.03. The van der Waals surface area contributed by atoms with Crippen LogP contribution in [0.3, 0.4) is 0 Å². The van der Waals surface area contributed by atoms with Gasteiger partial charge in [0.15, 0.2) is 0 Å². The van der Waals surface area contributed by atoms with Crippen molar-refractivity contribution in [2.24, 2.45) is 0 Å². The van der Waals surface area contributed by atoms with E-state index in [0.717, 1.165) is 5.56 Å². The number of rotatable bonds is 2. The van der Waals surface area contributed by atoms with Gasteiger partial charge in [0.2, 0.25) is 15.9 Å². The summed E-state index contributed by atoms with van der Waals surface area (Å²) in [6.45, 7) is 6.19. The van der Waals surface area contributed by atoms with Crippen LogP contribution in [-0.2, 0) is 19.6 Å². The van der Waals surface area contributed by atoms with Crippen molar-refractivity contribution in [1.82, 2.24) is 4.31 Å². The lowest BCUT2D eigenvalue weighted by Gasteiger charge is -2.34. The highest BCUT2D eigenvalue weighted by atomic mass is 32.2. The van der Waals surface area contributed by atoms with Gasteiger partial charge in [-0.05, 0) is 44.5 Å². The van der Waals surface area contributed by atoms with Crippen molar-refractivity contribution in [2.45, 2.75) is 43.8 Å². The Labute approximate surface area is 130 Å². The first-order valence-electron chi connectivity index (χ1n) is 7.39. The van der Waals surface area contributed by atoms with Gasteiger partial charge < -0.3 is 10.1 Å². The first-order valence-corrected chi connectivity index (χ1v) is 8.83. The Morgan fingerprint density at radius 2 is 1.82 bits per heavy atom. The number of hydrogen-bond acceptors (Lipinski definition) is 4. The van der Waals surface area contributed by atoms with Crippen LogP contribution in [0.25, 0.3) is 0 Å². The third-order valence-corrected chi connectivity index (χ3v) is 5.99. The fourth-order valence-corrected chi connectivity index (χ4v) is 4.66. The van der Waals surface area contributed by atoms with Crippen LogP contribution in [0, 0.1) is 0 Å². The second-order valence-electron chi connectivity index (χ2n) is 6.04. The minimum absolute atomic E-state index is 0.0989. The van der Waals surface area contributed by atoms with Gasteiger partial charge in [-0.15, -0.1) is 0 Å². The number of nitrogens with one attached hydrogen (secondary N) is 1. The second-order valence-corrected chi connectivity index (χ2v) is 7.98. The van der Waals surface area contributed by atoms with Crippen LogP contribution in [0.1, 0.15) is 32.3 Å². The SMILES string of the molecule is CC1CN(S(=O)(=O)c2ccc3c(c2)C(C)C(=O)N3)CC(C)O1. The minimum Gasteiger partial charge on any atom is -0.373 e. The quantitative estimate of drug-likeness (QED) is 0.895. The van der Waals surface area contributed by atoms with E-state index in [1.165, 1.54) is 4.31 Å².